The molecule has 0 amide bonds. The van der Waals surface area contributed by atoms with Gasteiger partial charge in [-0.25, -0.2) is 0 Å². The molecule has 0 saturated carbocycles. The first-order chi connectivity index (χ1) is 11.4. The predicted molar refractivity (Wildman–Crippen MR) is 77.5 cm³/mol. The van der Waals surface area contributed by atoms with Crippen LogP contribution in [0.5, 0.6) is 0 Å². The topological polar surface area (TPSA) is 31.4 Å². The SMILES string of the molecule is [2H]c1c([2H])c([2H])c2c([2H])c([2H])c(B3OC(C)(C)C(C)(C)O3)nc2c1[2H]. The van der Waals surface area contributed by atoms with E-state index in [4.69, 9.17) is 17.5 Å². The second-order valence-corrected chi connectivity index (χ2v) is 5.56. The lowest BCUT2D eigenvalue weighted by molar-refractivity contribution is 0.00578. The smallest absolute Gasteiger partial charge is 0.398 e. The van der Waals surface area contributed by atoms with Gasteiger partial charge in [-0.2, -0.15) is 0 Å². The Morgan fingerprint density at radius 3 is 2.32 bits per heavy atom. The lowest BCUT2D eigenvalue weighted by Crippen LogP contribution is -2.41. The molecule has 1 saturated heterocycles. The van der Waals surface area contributed by atoms with Crippen LogP contribution in [0.4, 0.5) is 0 Å². The van der Waals surface area contributed by atoms with Gasteiger partial charge in [0.1, 0.15) is 0 Å². The molecule has 1 aliphatic rings. The summed E-state index contributed by atoms with van der Waals surface area (Å²) < 4.78 is 59.7. The zero-order chi connectivity index (χ0) is 18.9. The molecule has 3 nitrogen and oxygen atoms in total. The van der Waals surface area contributed by atoms with E-state index in [1.54, 1.807) is 0 Å². The Labute approximate surface area is 122 Å². The molecule has 1 aromatic carbocycles. The largest absolute Gasteiger partial charge is 0.514 e. The Kier molecular flexibility index (Phi) is 1.58. The molecular formula is C15H18BNO2. The summed E-state index contributed by atoms with van der Waals surface area (Å²) in [5.74, 6) is 0. The van der Waals surface area contributed by atoms with E-state index in [9.17, 15) is 0 Å². The summed E-state index contributed by atoms with van der Waals surface area (Å²) in [7, 11) is -0.982. The van der Waals surface area contributed by atoms with Gasteiger partial charge in [-0.05, 0) is 39.8 Å². The van der Waals surface area contributed by atoms with E-state index >= 15 is 0 Å². The van der Waals surface area contributed by atoms with Crippen LogP contribution in [0.1, 0.15) is 35.9 Å². The van der Waals surface area contributed by atoms with Gasteiger partial charge in [0.15, 0.2) is 0 Å². The number of rotatable bonds is 1. The number of hydrogen-bond donors (Lipinski definition) is 0. The fourth-order valence-corrected chi connectivity index (χ4v) is 1.82. The van der Waals surface area contributed by atoms with Crippen molar-refractivity contribution in [2.24, 2.45) is 0 Å². The van der Waals surface area contributed by atoms with Crippen molar-refractivity contribution in [2.45, 2.75) is 38.9 Å². The molecule has 0 aliphatic carbocycles. The van der Waals surface area contributed by atoms with Gasteiger partial charge in [-0.3, -0.25) is 4.98 Å². The number of nitrogens with zero attached hydrogens (tertiary/aromatic N) is 1. The second-order valence-electron chi connectivity index (χ2n) is 5.56. The molecule has 0 spiro atoms. The number of hydrogen-bond acceptors (Lipinski definition) is 3. The van der Waals surface area contributed by atoms with E-state index in [0.29, 0.717) is 0 Å². The molecular weight excluding hydrogens is 237 g/mol. The average molecular weight is 261 g/mol. The Balaban J connectivity index is 2.28. The van der Waals surface area contributed by atoms with Crippen LogP contribution < -0.4 is 5.59 Å². The van der Waals surface area contributed by atoms with Crippen LogP contribution in [0.15, 0.2) is 36.3 Å². The van der Waals surface area contributed by atoms with Crippen molar-refractivity contribution >= 4 is 23.6 Å². The molecule has 2 heterocycles. The maximum absolute atomic E-state index is 8.23. The van der Waals surface area contributed by atoms with Gasteiger partial charge in [0, 0.05) is 5.39 Å². The highest BCUT2D eigenvalue weighted by atomic mass is 16.7. The van der Waals surface area contributed by atoms with Gasteiger partial charge in [-0.1, -0.05) is 24.2 Å². The minimum atomic E-state index is -0.982. The molecule has 1 fully saturated rings. The number of pyridine rings is 1. The van der Waals surface area contributed by atoms with Gasteiger partial charge < -0.3 is 9.31 Å². The summed E-state index contributed by atoms with van der Waals surface area (Å²) in [4.78, 5) is 4.24. The zero-order valence-corrected chi connectivity index (χ0v) is 11.3. The maximum atomic E-state index is 8.23. The fraction of sp³-hybridized carbons (Fsp3) is 0.400. The van der Waals surface area contributed by atoms with Crippen LogP contribution in [0.2, 0.25) is 0 Å². The number of fused-ring (bicyclic) bond motifs is 1. The molecule has 2 aromatic rings. The summed E-state index contributed by atoms with van der Waals surface area (Å²) in [5, 5.41) is -0.0729. The van der Waals surface area contributed by atoms with E-state index in [1.165, 1.54) is 0 Å². The minimum absolute atomic E-state index is 0.0428. The monoisotopic (exact) mass is 261 g/mol. The van der Waals surface area contributed by atoms with Gasteiger partial charge in [0.25, 0.3) is 0 Å². The normalized spacial score (nSPS) is 25.4. The van der Waals surface area contributed by atoms with Crippen LogP contribution in [0.25, 0.3) is 10.9 Å². The van der Waals surface area contributed by atoms with E-state index in [2.05, 4.69) is 4.98 Å². The highest BCUT2D eigenvalue weighted by Gasteiger charge is 2.52. The first-order valence-electron chi connectivity index (χ1n) is 9.12. The van der Waals surface area contributed by atoms with E-state index in [0.717, 1.165) is 0 Å². The molecule has 1 aliphatic heterocycles. The highest BCUT2D eigenvalue weighted by molar-refractivity contribution is 6.61. The highest BCUT2D eigenvalue weighted by Crippen LogP contribution is 2.36. The van der Waals surface area contributed by atoms with Crippen molar-refractivity contribution in [3.63, 3.8) is 0 Å². The van der Waals surface area contributed by atoms with Crippen LogP contribution in [-0.4, -0.2) is 23.3 Å². The molecule has 0 N–H and O–H groups in total. The number of para-hydroxylation sites is 1. The average Bonchev–Trinajstić information content (AvgIpc) is 2.73. The third-order valence-corrected chi connectivity index (χ3v) is 3.69. The zero-order valence-electron chi connectivity index (χ0n) is 17.3. The van der Waals surface area contributed by atoms with Crippen molar-refractivity contribution in [3.8, 4) is 0 Å². The number of benzene rings is 1. The Morgan fingerprint density at radius 2 is 1.63 bits per heavy atom. The fourth-order valence-electron chi connectivity index (χ4n) is 1.82. The van der Waals surface area contributed by atoms with Crippen molar-refractivity contribution in [1.29, 1.82) is 0 Å². The van der Waals surface area contributed by atoms with Gasteiger partial charge in [0.05, 0.1) is 30.5 Å². The third-order valence-electron chi connectivity index (χ3n) is 3.69. The number of aromatic nitrogens is 1. The minimum Gasteiger partial charge on any atom is -0.398 e. The Hall–Kier alpha value is -1.39. The second kappa shape index (κ2) is 4.05. The first-order valence-corrected chi connectivity index (χ1v) is 6.12. The molecule has 3 rings (SSSR count). The van der Waals surface area contributed by atoms with Crippen LogP contribution in [0, 0.1) is 0 Å². The lowest BCUT2D eigenvalue weighted by atomic mass is 9.84. The van der Waals surface area contributed by atoms with Crippen molar-refractivity contribution < 1.29 is 17.5 Å². The van der Waals surface area contributed by atoms with Gasteiger partial charge in [-0.15, -0.1) is 0 Å². The summed E-state index contributed by atoms with van der Waals surface area (Å²) >= 11 is 0. The lowest BCUT2D eigenvalue weighted by Gasteiger charge is -2.32. The van der Waals surface area contributed by atoms with E-state index in [1.807, 2.05) is 27.7 Å². The standard InChI is InChI=1S/C15H18BNO2/c1-14(2)15(3,4)19-16(18-14)13-10-9-11-7-5-6-8-12(11)17-13/h5-10H,1-4H3/i5D,6D,7D,8D,9D,10D. The molecule has 0 unspecified atom stereocenters. The predicted octanol–water partition coefficient (Wildman–Crippen LogP) is 2.53. The Bertz CT molecular complexity index is 886. The molecule has 0 radical (unpaired) electrons. The molecule has 19 heavy (non-hydrogen) atoms. The van der Waals surface area contributed by atoms with Crippen LogP contribution in [0.3, 0.4) is 0 Å². The quantitative estimate of drug-likeness (QED) is 0.739. The van der Waals surface area contributed by atoms with E-state index < -0.39 is 30.4 Å². The van der Waals surface area contributed by atoms with Crippen molar-refractivity contribution in [2.75, 3.05) is 0 Å². The van der Waals surface area contributed by atoms with Crippen molar-refractivity contribution in [1.82, 2.24) is 4.98 Å². The van der Waals surface area contributed by atoms with Gasteiger partial charge >= 0.3 is 7.12 Å². The molecule has 1 aromatic heterocycles. The summed E-state index contributed by atoms with van der Waals surface area (Å²) in [6.45, 7) is 7.41. The molecule has 4 heteroatoms. The molecule has 0 bridgehead atoms. The van der Waals surface area contributed by atoms with Crippen LogP contribution >= 0.6 is 0 Å². The summed E-state index contributed by atoms with van der Waals surface area (Å²) in [5.41, 5.74) is -1.32. The maximum Gasteiger partial charge on any atom is 0.514 e. The molecule has 98 valence electrons. The summed E-state index contributed by atoms with van der Waals surface area (Å²) in [6, 6.07) is -2.18. The first kappa shape index (κ1) is 7.41. The van der Waals surface area contributed by atoms with E-state index in [-0.39, 0.29) is 40.7 Å². The Morgan fingerprint density at radius 1 is 1.00 bits per heavy atom. The third kappa shape index (κ3) is 2.05. The van der Waals surface area contributed by atoms with Crippen molar-refractivity contribution in [3.05, 3.63) is 36.3 Å². The summed E-state index contributed by atoms with van der Waals surface area (Å²) in [6.07, 6.45) is 0. The van der Waals surface area contributed by atoms with Crippen LogP contribution in [-0.2, 0) is 9.31 Å². The molecule has 0 atom stereocenters. The van der Waals surface area contributed by atoms with Gasteiger partial charge in [0.2, 0.25) is 0 Å².